The van der Waals surface area contributed by atoms with Gasteiger partial charge >= 0.3 is 0 Å². The minimum absolute atomic E-state index is 0. The Labute approximate surface area is 178 Å². The molecule has 2 aromatic rings. The second kappa shape index (κ2) is 10.5. The van der Waals surface area contributed by atoms with E-state index >= 15 is 0 Å². The molecule has 7 nitrogen and oxygen atoms in total. The molecule has 27 heavy (non-hydrogen) atoms. The first-order valence-electron chi connectivity index (χ1n) is 9.27. The summed E-state index contributed by atoms with van der Waals surface area (Å²) in [4.78, 5) is 11.0. The van der Waals surface area contributed by atoms with Crippen LogP contribution < -0.4 is 15.5 Å². The van der Waals surface area contributed by atoms with Crippen LogP contribution in [0.1, 0.15) is 43.1 Å². The number of benzene rings is 1. The zero-order valence-corrected chi connectivity index (χ0v) is 18.6. The van der Waals surface area contributed by atoms with Crippen LogP contribution in [-0.4, -0.2) is 42.8 Å². The van der Waals surface area contributed by atoms with Crippen LogP contribution in [0.5, 0.6) is 0 Å². The summed E-state index contributed by atoms with van der Waals surface area (Å²) in [6.07, 6.45) is 3.24. The van der Waals surface area contributed by atoms with Crippen molar-refractivity contribution in [3.63, 3.8) is 0 Å². The van der Waals surface area contributed by atoms with Gasteiger partial charge in [0.15, 0.2) is 11.8 Å². The van der Waals surface area contributed by atoms with Crippen molar-refractivity contribution >= 4 is 35.6 Å². The van der Waals surface area contributed by atoms with Gasteiger partial charge in [0.05, 0.1) is 6.04 Å². The number of aryl methyl sites for hydroxylation is 1. The second-order valence-corrected chi connectivity index (χ2v) is 6.64. The van der Waals surface area contributed by atoms with Gasteiger partial charge in [-0.25, -0.2) is 0 Å². The standard InChI is InChI=1S/C19H28N6O.HI/c1-14(16-7-6-8-17(13-16)25-11-4-5-12-25)22-19(20-3)21-10-9-18-23-15(2)24-26-18;/h6-8,13-14H,4-5,9-12H2,1-3H3,(H2,20,21,22);1H. The molecule has 1 aliphatic rings. The van der Waals surface area contributed by atoms with Crippen molar-refractivity contribution in [3.05, 3.63) is 41.5 Å². The summed E-state index contributed by atoms with van der Waals surface area (Å²) in [5.41, 5.74) is 2.56. The molecule has 1 aromatic carbocycles. The Bertz CT molecular complexity index is 741. The lowest BCUT2D eigenvalue weighted by atomic mass is 10.1. The molecule has 0 radical (unpaired) electrons. The van der Waals surface area contributed by atoms with E-state index in [-0.39, 0.29) is 30.0 Å². The number of hydrogen-bond acceptors (Lipinski definition) is 5. The van der Waals surface area contributed by atoms with Crippen molar-refractivity contribution in [2.24, 2.45) is 4.99 Å². The Balaban J connectivity index is 0.00000261. The van der Waals surface area contributed by atoms with Crippen molar-refractivity contribution in [1.29, 1.82) is 0 Å². The number of anilines is 1. The summed E-state index contributed by atoms with van der Waals surface area (Å²) in [5, 5.41) is 10.5. The fourth-order valence-electron chi connectivity index (χ4n) is 3.18. The van der Waals surface area contributed by atoms with E-state index in [2.05, 4.69) is 61.9 Å². The van der Waals surface area contributed by atoms with Gasteiger partial charge in [0, 0.05) is 38.8 Å². The van der Waals surface area contributed by atoms with E-state index in [0.29, 0.717) is 24.7 Å². The summed E-state index contributed by atoms with van der Waals surface area (Å²) in [6, 6.07) is 8.92. The van der Waals surface area contributed by atoms with Crippen LogP contribution in [0.3, 0.4) is 0 Å². The highest BCUT2D eigenvalue weighted by molar-refractivity contribution is 14.0. The minimum atomic E-state index is 0. The average molecular weight is 484 g/mol. The van der Waals surface area contributed by atoms with Crippen molar-refractivity contribution in [1.82, 2.24) is 20.8 Å². The molecule has 3 rings (SSSR count). The molecule has 2 heterocycles. The van der Waals surface area contributed by atoms with Gasteiger partial charge in [-0.1, -0.05) is 17.3 Å². The maximum Gasteiger partial charge on any atom is 0.228 e. The van der Waals surface area contributed by atoms with Crippen LogP contribution in [0.4, 0.5) is 5.69 Å². The average Bonchev–Trinajstić information content (AvgIpc) is 3.33. The number of nitrogens with zero attached hydrogens (tertiary/aromatic N) is 4. The fourth-order valence-corrected chi connectivity index (χ4v) is 3.18. The highest BCUT2D eigenvalue weighted by atomic mass is 127. The van der Waals surface area contributed by atoms with Crippen molar-refractivity contribution < 1.29 is 4.52 Å². The van der Waals surface area contributed by atoms with Crippen LogP contribution in [0.15, 0.2) is 33.8 Å². The van der Waals surface area contributed by atoms with E-state index in [1.807, 2.05) is 6.92 Å². The van der Waals surface area contributed by atoms with Gasteiger partial charge in [0.1, 0.15) is 0 Å². The maximum absolute atomic E-state index is 5.13. The molecule has 1 saturated heterocycles. The molecular formula is C19H29IN6O. The fraction of sp³-hybridized carbons (Fsp3) is 0.526. The van der Waals surface area contributed by atoms with Crippen molar-refractivity contribution in [2.45, 2.75) is 39.2 Å². The highest BCUT2D eigenvalue weighted by Crippen LogP contribution is 2.23. The summed E-state index contributed by atoms with van der Waals surface area (Å²) >= 11 is 0. The summed E-state index contributed by atoms with van der Waals surface area (Å²) in [7, 11) is 1.78. The second-order valence-electron chi connectivity index (χ2n) is 6.64. The zero-order chi connectivity index (χ0) is 18.4. The topological polar surface area (TPSA) is 78.6 Å². The third-order valence-corrected chi connectivity index (χ3v) is 4.62. The largest absolute Gasteiger partial charge is 0.372 e. The first kappa shape index (κ1) is 21.5. The highest BCUT2D eigenvalue weighted by Gasteiger charge is 2.14. The van der Waals surface area contributed by atoms with E-state index < -0.39 is 0 Å². The van der Waals surface area contributed by atoms with Gasteiger partial charge in [0.2, 0.25) is 5.89 Å². The Morgan fingerprint density at radius 3 is 2.78 bits per heavy atom. The number of aromatic nitrogens is 2. The number of hydrogen-bond donors (Lipinski definition) is 2. The van der Waals surface area contributed by atoms with E-state index in [4.69, 9.17) is 4.52 Å². The van der Waals surface area contributed by atoms with E-state index in [1.165, 1.54) is 24.1 Å². The van der Waals surface area contributed by atoms with Crippen LogP contribution >= 0.6 is 24.0 Å². The van der Waals surface area contributed by atoms with Gasteiger partial charge < -0.3 is 20.1 Å². The molecule has 148 valence electrons. The van der Waals surface area contributed by atoms with Crippen LogP contribution in [0.2, 0.25) is 0 Å². The molecule has 2 N–H and O–H groups in total. The molecule has 8 heteroatoms. The molecule has 1 fully saturated rings. The number of halogens is 1. The molecule has 1 aliphatic heterocycles. The molecule has 0 aliphatic carbocycles. The number of nitrogens with one attached hydrogen (secondary N) is 2. The smallest absolute Gasteiger partial charge is 0.228 e. The molecule has 1 unspecified atom stereocenters. The lowest BCUT2D eigenvalue weighted by Gasteiger charge is -2.22. The first-order valence-corrected chi connectivity index (χ1v) is 9.27. The number of aliphatic imine (C=N–C) groups is 1. The van der Waals surface area contributed by atoms with Gasteiger partial charge in [-0.3, -0.25) is 4.99 Å². The first-order chi connectivity index (χ1) is 12.7. The lowest BCUT2D eigenvalue weighted by Crippen LogP contribution is -2.39. The number of rotatable bonds is 6. The zero-order valence-electron chi connectivity index (χ0n) is 16.2. The summed E-state index contributed by atoms with van der Waals surface area (Å²) < 4.78 is 5.13. The summed E-state index contributed by atoms with van der Waals surface area (Å²) in [6.45, 7) is 6.96. The molecule has 1 aromatic heterocycles. The maximum atomic E-state index is 5.13. The van der Waals surface area contributed by atoms with Gasteiger partial charge in [0.25, 0.3) is 0 Å². The Morgan fingerprint density at radius 1 is 1.33 bits per heavy atom. The minimum Gasteiger partial charge on any atom is -0.372 e. The van der Waals surface area contributed by atoms with Gasteiger partial charge in [-0.05, 0) is 44.4 Å². The van der Waals surface area contributed by atoms with Gasteiger partial charge in [-0.2, -0.15) is 4.98 Å². The van der Waals surface area contributed by atoms with E-state index in [1.54, 1.807) is 7.05 Å². The predicted molar refractivity (Wildman–Crippen MR) is 119 cm³/mol. The normalized spacial score (nSPS) is 15.4. The van der Waals surface area contributed by atoms with Crippen LogP contribution in [0.25, 0.3) is 0 Å². The molecular weight excluding hydrogens is 455 g/mol. The Kier molecular flexibility index (Phi) is 8.33. The monoisotopic (exact) mass is 484 g/mol. The lowest BCUT2D eigenvalue weighted by molar-refractivity contribution is 0.374. The quantitative estimate of drug-likeness (QED) is 0.373. The SMILES string of the molecule is CN=C(NCCc1nc(C)no1)NC(C)c1cccc(N2CCCC2)c1.I. The molecule has 1 atom stereocenters. The van der Waals surface area contributed by atoms with E-state index in [0.717, 1.165) is 19.0 Å². The molecule has 0 bridgehead atoms. The van der Waals surface area contributed by atoms with Crippen LogP contribution in [-0.2, 0) is 6.42 Å². The Hall–Kier alpha value is -1.84. The van der Waals surface area contributed by atoms with Crippen LogP contribution in [0, 0.1) is 6.92 Å². The third kappa shape index (κ3) is 6.08. The predicted octanol–water partition coefficient (Wildman–Crippen LogP) is 3.06. The van der Waals surface area contributed by atoms with Gasteiger partial charge in [-0.15, -0.1) is 24.0 Å². The Morgan fingerprint density at radius 2 is 2.11 bits per heavy atom. The van der Waals surface area contributed by atoms with Crippen molar-refractivity contribution in [2.75, 3.05) is 31.6 Å². The van der Waals surface area contributed by atoms with Crippen molar-refractivity contribution in [3.8, 4) is 0 Å². The third-order valence-electron chi connectivity index (χ3n) is 4.62. The molecule has 0 spiro atoms. The number of guanidine groups is 1. The summed E-state index contributed by atoms with van der Waals surface area (Å²) in [5.74, 6) is 2.06. The van der Waals surface area contributed by atoms with E-state index in [9.17, 15) is 0 Å². The molecule has 0 saturated carbocycles. The molecule has 0 amide bonds.